The number of sulfonamides is 1. The van der Waals surface area contributed by atoms with Crippen molar-refractivity contribution in [2.24, 2.45) is 0 Å². The van der Waals surface area contributed by atoms with E-state index in [0.717, 1.165) is 5.56 Å². The van der Waals surface area contributed by atoms with E-state index in [0.29, 0.717) is 24.2 Å². The molecule has 0 N–H and O–H groups in total. The Morgan fingerprint density at radius 1 is 1.45 bits per heavy atom. The Kier molecular flexibility index (Phi) is 3.77. The zero-order valence-electron chi connectivity index (χ0n) is 12.3. The topological polar surface area (TPSA) is 57.7 Å². The number of rotatable bonds is 3. The monoisotopic (exact) mass is 296 g/mol. The molecule has 0 spiro atoms. The van der Waals surface area contributed by atoms with Gasteiger partial charge in [0.25, 0.3) is 5.91 Å². The van der Waals surface area contributed by atoms with Crippen molar-refractivity contribution in [2.45, 2.75) is 26.3 Å². The number of fused-ring (bicyclic) bond motifs is 1. The van der Waals surface area contributed by atoms with E-state index in [1.807, 2.05) is 19.9 Å². The quantitative estimate of drug-likeness (QED) is 0.849. The summed E-state index contributed by atoms with van der Waals surface area (Å²) in [5.74, 6) is -0.0410. The highest BCUT2D eigenvalue weighted by Gasteiger charge is 2.32. The van der Waals surface area contributed by atoms with Crippen LogP contribution < -0.4 is 4.31 Å². The summed E-state index contributed by atoms with van der Waals surface area (Å²) in [5, 5.41) is 0. The molecule has 0 radical (unpaired) electrons. The minimum atomic E-state index is -3.28. The van der Waals surface area contributed by atoms with Gasteiger partial charge in [0.1, 0.15) is 0 Å². The van der Waals surface area contributed by atoms with E-state index >= 15 is 0 Å². The molecule has 1 aliphatic rings. The molecule has 1 aromatic carbocycles. The molecule has 1 atom stereocenters. The van der Waals surface area contributed by atoms with Gasteiger partial charge >= 0.3 is 0 Å². The number of nitrogens with zero attached hydrogens (tertiary/aromatic N) is 2. The highest BCUT2D eigenvalue weighted by atomic mass is 32.2. The minimum Gasteiger partial charge on any atom is -0.342 e. The maximum absolute atomic E-state index is 12.1. The predicted molar refractivity (Wildman–Crippen MR) is 79.6 cm³/mol. The van der Waals surface area contributed by atoms with E-state index in [1.54, 1.807) is 24.1 Å². The Balaban J connectivity index is 2.41. The summed E-state index contributed by atoms with van der Waals surface area (Å²) in [5.41, 5.74) is 2.21. The van der Waals surface area contributed by atoms with Gasteiger partial charge in [-0.3, -0.25) is 9.10 Å². The Labute approximate surface area is 120 Å². The number of amides is 1. The maximum atomic E-state index is 12.1. The fourth-order valence-corrected chi connectivity index (χ4v) is 3.87. The average molecular weight is 296 g/mol. The van der Waals surface area contributed by atoms with Crippen molar-refractivity contribution in [3.8, 4) is 0 Å². The Morgan fingerprint density at radius 2 is 2.10 bits per heavy atom. The van der Waals surface area contributed by atoms with Crippen LogP contribution >= 0.6 is 0 Å². The lowest BCUT2D eigenvalue weighted by Crippen LogP contribution is -2.34. The summed E-state index contributed by atoms with van der Waals surface area (Å²) < 4.78 is 25.1. The van der Waals surface area contributed by atoms with Gasteiger partial charge in [0.05, 0.1) is 11.9 Å². The number of carbonyl (C=O) groups excluding carboxylic acids is 1. The predicted octanol–water partition coefficient (Wildman–Crippen LogP) is 1.49. The normalized spacial score (nSPS) is 18.0. The molecular formula is C14H20N2O3S. The van der Waals surface area contributed by atoms with Gasteiger partial charge in [0.15, 0.2) is 0 Å². The second-order valence-electron chi connectivity index (χ2n) is 5.27. The molecule has 0 aromatic heterocycles. The Morgan fingerprint density at radius 3 is 2.65 bits per heavy atom. The number of anilines is 1. The second-order valence-corrected chi connectivity index (χ2v) is 7.13. The van der Waals surface area contributed by atoms with Gasteiger partial charge in [-0.25, -0.2) is 8.42 Å². The standard InChI is InChI=1S/C14H20N2O3S/c1-5-15(3)14(17)11-6-7-13-12(9-11)8-10(2)16(13)20(4,18)19/h6-7,9-10H,5,8H2,1-4H3. The van der Waals surface area contributed by atoms with Gasteiger partial charge in [-0.2, -0.15) is 0 Å². The smallest absolute Gasteiger partial charge is 0.253 e. The van der Waals surface area contributed by atoms with Crippen LogP contribution in [0.5, 0.6) is 0 Å². The fourth-order valence-electron chi connectivity index (χ4n) is 2.61. The number of hydrogen-bond donors (Lipinski definition) is 0. The van der Waals surface area contributed by atoms with Crippen LogP contribution in [0.1, 0.15) is 29.8 Å². The summed E-state index contributed by atoms with van der Waals surface area (Å²) in [4.78, 5) is 13.8. The van der Waals surface area contributed by atoms with Crippen molar-refractivity contribution < 1.29 is 13.2 Å². The van der Waals surface area contributed by atoms with Gasteiger partial charge in [-0.1, -0.05) is 0 Å². The zero-order valence-corrected chi connectivity index (χ0v) is 13.1. The first-order chi connectivity index (χ1) is 9.25. The average Bonchev–Trinajstić information content (AvgIpc) is 2.71. The SMILES string of the molecule is CCN(C)C(=O)c1ccc2c(c1)CC(C)N2S(C)(=O)=O. The molecule has 0 saturated heterocycles. The van der Waals surface area contributed by atoms with Crippen LogP contribution in [0.25, 0.3) is 0 Å². The molecule has 0 aliphatic carbocycles. The van der Waals surface area contributed by atoms with Crippen LogP contribution in [0.3, 0.4) is 0 Å². The number of carbonyl (C=O) groups is 1. The summed E-state index contributed by atoms with van der Waals surface area (Å²) in [6, 6.07) is 5.14. The van der Waals surface area contributed by atoms with Gasteiger partial charge < -0.3 is 4.90 Å². The van der Waals surface area contributed by atoms with Gasteiger partial charge in [-0.05, 0) is 44.0 Å². The Bertz CT molecular complexity index is 640. The molecule has 110 valence electrons. The van der Waals surface area contributed by atoms with E-state index in [9.17, 15) is 13.2 Å². The third kappa shape index (κ3) is 2.52. The van der Waals surface area contributed by atoms with Crippen LogP contribution in [0, 0.1) is 0 Å². The first kappa shape index (κ1) is 14.8. The molecule has 1 heterocycles. The highest BCUT2D eigenvalue weighted by molar-refractivity contribution is 7.92. The first-order valence-corrected chi connectivity index (χ1v) is 8.48. The second kappa shape index (κ2) is 5.09. The third-order valence-electron chi connectivity index (χ3n) is 3.66. The van der Waals surface area contributed by atoms with Crippen LogP contribution in [-0.4, -0.2) is 45.1 Å². The summed E-state index contributed by atoms with van der Waals surface area (Å²) in [6.07, 6.45) is 1.85. The molecule has 5 nitrogen and oxygen atoms in total. The zero-order chi connectivity index (χ0) is 15.1. The molecule has 1 unspecified atom stereocenters. The van der Waals surface area contributed by atoms with Crippen molar-refractivity contribution in [1.82, 2.24) is 4.90 Å². The largest absolute Gasteiger partial charge is 0.342 e. The summed E-state index contributed by atoms with van der Waals surface area (Å²) in [6.45, 7) is 4.43. The molecule has 1 amide bonds. The molecule has 1 aromatic rings. The highest BCUT2D eigenvalue weighted by Crippen LogP contribution is 2.34. The molecule has 0 bridgehead atoms. The Hall–Kier alpha value is -1.56. The van der Waals surface area contributed by atoms with Crippen LogP contribution in [-0.2, 0) is 16.4 Å². The van der Waals surface area contributed by atoms with Crippen molar-refractivity contribution in [2.75, 3.05) is 24.2 Å². The molecule has 20 heavy (non-hydrogen) atoms. The first-order valence-electron chi connectivity index (χ1n) is 6.63. The van der Waals surface area contributed by atoms with Crippen LogP contribution in [0.15, 0.2) is 18.2 Å². The van der Waals surface area contributed by atoms with Gasteiger partial charge in [-0.15, -0.1) is 0 Å². The maximum Gasteiger partial charge on any atom is 0.253 e. The summed E-state index contributed by atoms with van der Waals surface area (Å²) >= 11 is 0. The van der Waals surface area contributed by atoms with Gasteiger partial charge in [0, 0.05) is 25.2 Å². The van der Waals surface area contributed by atoms with E-state index < -0.39 is 10.0 Å². The van der Waals surface area contributed by atoms with Crippen molar-refractivity contribution in [3.05, 3.63) is 29.3 Å². The fraction of sp³-hybridized carbons (Fsp3) is 0.500. The van der Waals surface area contributed by atoms with Crippen LogP contribution in [0.4, 0.5) is 5.69 Å². The van der Waals surface area contributed by atoms with E-state index in [-0.39, 0.29) is 11.9 Å². The third-order valence-corrected chi connectivity index (χ3v) is 4.93. The lowest BCUT2D eigenvalue weighted by Gasteiger charge is -2.22. The molecule has 0 fully saturated rings. The molecule has 2 rings (SSSR count). The minimum absolute atomic E-state index is 0.0410. The van der Waals surface area contributed by atoms with Crippen LogP contribution in [0.2, 0.25) is 0 Å². The van der Waals surface area contributed by atoms with Crippen molar-refractivity contribution >= 4 is 21.6 Å². The molecular weight excluding hydrogens is 276 g/mol. The summed E-state index contributed by atoms with van der Waals surface area (Å²) in [7, 11) is -1.53. The van der Waals surface area contributed by atoms with Crippen molar-refractivity contribution in [3.63, 3.8) is 0 Å². The molecule has 0 saturated carbocycles. The van der Waals surface area contributed by atoms with Gasteiger partial charge in [0.2, 0.25) is 10.0 Å². The molecule has 6 heteroatoms. The number of benzene rings is 1. The number of hydrogen-bond acceptors (Lipinski definition) is 3. The lowest BCUT2D eigenvalue weighted by molar-refractivity contribution is 0.0802. The lowest BCUT2D eigenvalue weighted by atomic mass is 10.1. The van der Waals surface area contributed by atoms with E-state index in [4.69, 9.17) is 0 Å². The van der Waals surface area contributed by atoms with E-state index in [1.165, 1.54) is 10.6 Å². The van der Waals surface area contributed by atoms with Crippen molar-refractivity contribution in [1.29, 1.82) is 0 Å². The van der Waals surface area contributed by atoms with E-state index in [2.05, 4.69) is 0 Å². The molecule has 1 aliphatic heterocycles.